The maximum Gasteiger partial charge on any atom is 0.246 e. The van der Waals surface area contributed by atoms with Crippen LogP contribution in [0.1, 0.15) is 40.0 Å². The lowest BCUT2D eigenvalue weighted by molar-refractivity contribution is -0.124. The second kappa shape index (κ2) is 4.53. The minimum Gasteiger partial charge on any atom is -0.300 e. The second-order valence-electron chi connectivity index (χ2n) is 3.37. The van der Waals surface area contributed by atoms with Gasteiger partial charge in [0.15, 0.2) is 0 Å². The average Bonchev–Trinajstić information content (AvgIpc) is 1.83. The minimum absolute atomic E-state index is 0.127. The number of carbonyl (C=O) groups excluding carboxylic acids is 1. The van der Waals surface area contributed by atoms with Crippen LogP contribution in [0.5, 0.6) is 0 Å². The first-order valence-corrected chi connectivity index (χ1v) is 4.25. The van der Waals surface area contributed by atoms with Gasteiger partial charge in [-0.05, 0) is 20.3 Å². The molecular weight excluding hydrogens is 162 g/mol. The van der Waals surface area contributed by atoms with Crippen LogP contribution in [0.25, 0.3) is 0 Å². The summed E-state index contributed by atoms with van der Waals surface area (Å²) in [5.41, 5.74) is 0. The standard InChI is InChI=1S/C9H16F2O/c1-4-5-8(7(2)12)6-9(3,10)11/h8H,4-6H2,1-3H3. The quantitative estimate of drug-likeness (QED) is 0.632. The maximum atomic E-state index is 12.5. The highest BCUT2D eigenvalue weighted by Gasteiger charge is 2.28. The van der Waals surface area contributed by atoms with Crippen molar-refractivity contribution in [1.82, 2.24) is 0 Å². The van der Waals surface area contributed by atoms with E-state index in [1.54, 1.807) is 0 Å². The van der Waals surface area contributed by atoms with Crippen LogP contribution >= 0.6 is 0 Å². The molecule has 0 N–H and O–H groups in total. The zero-order chi connectivity index (χ0) is 9.78. The molecule has 0 rings (SSSR count). The Kier molecular flexibility index (Phi) is 4.35. The van der Waals surface area contributed by atoms with Gasteiger partial charge in [0.25, 0.3) is 0 Å². The summed E-state index contributed by atoms with van der Waals surface area (Å²) in [4.78, 5) is 10.9. The van der Waals surface area contributed by atoms with Crippen molar-refractivity contribution in [3.8, 4) is 0 Å². The number of halogens is 2. The third kappa shape index (κ3) is 5.22. The molecule has 72 valence electrons. The molecule has 1 unspecified atom stereocenters. The van der Waals surface area contributed by atoms with Crippen LogP contribution in [-0.4, -0.2) is 11.7 Å². The summed E-state index contributed by atoms with van der Waals surface area (Å²) < 4.78 is 25.0. The van der Waals surface area contributed by atoms with Gasteiger partial charge in [0.2, 0.25) is 5.92 Å². The summed E-state index contributed by atoms with van der Waals surface area (Å²) in [6.45, 7) is 4.13. The number of alkyl halides is 2. The number of carbonyl (C=O) groups is 1. The molecule has 0 aromatic heterocycles. The fourth-order valence-corrected chi connectivity index (χ4v) is 1.23. The third-order valence-electron chi connectivity index (χ3n) is 1.82. The van der Waals surface area contributed by atoms with Crippen molar-refractivity contribution in [2.45, 2.75) is 46.0 Å². The predicted molar refractivity (Wildman–Crippen MR) is 44.3 cm³/mol. The van der Waals surface area contributed by atoms with Crippen LogP contribution in [0.2, 0.25) is 0 Å². The van der Waals surface area contributed by atoms with Gasteiger partial charge >= 0.3 is 0 Å². The van der Waals surface area contributed by atoms with Gasteiger partial charge < -0.3 is 0 Å². The van der Waals surface area contributed by atoms with Crippen molar-refractivity contribution in [1.29, 1.82) is 0 Å². The summed E-state index contributed by atoms with van der Waals surface area (Å²) in [7, 11) is 0. The monoisotopic (exact) mass is 178 g/mol. The van der Waals surface area contributed by atoms with E-state index in [2.05, 4.69) is 0 Å². The Labute approximate surface area is 72.2 Å². The van der Waals surface area contributed by atoms with Crippen molar-refractivity contribution in [2.24, 2.45) is 5.92 Å². The minimum atomic E-state index is -2.72. The normalized spacial score (nSPS) is 14.4. The zero-order valence-electron chi connectivity index (χ0n) is 7.86. The highest BCUT2D eigenvalue weighted by atomic mass is 19.3. The Hall–Kier alpha value is -0.470. The number of ketones is 1. The van der Waals surface area contributed by atoms with E-state index in [1.165, 1.54) is 6.92 Å². The molecule has 0 bridgehead atoms. The molecule has 0 saturated carbocycles. The Morgan fingerprint density at radius 3 is 2.25 bits per heavy atom. The van der Waals surface area contributed by atoms with Gasteiger partial charge in [-0.3, -0.25) is 4.79 Å². The SMILES string of the molecule is CCCC(CC(C)(F)F)C(C)=O. The number of rotatable bonds is 5. The van der Waals surface area contributed by atoms with E-state index >= 15 is 0 Å². The molecule has 0 saturated heterocycles. The van der Waals surface area contributed by atoms with Gasteiger partial charge in [-0.1, -0.05) is 13.3 Å². The van der Waals surface area contributed by atoms with Gasteiger partial charge in [-0.15, -0.1) is 0 Å². The maximum absolute atomic E-state index is 12.5. The van der Waals surface area contributed by atoms with E-state index in [1.807, 2.05) is 6.92 Å². The summed E-state index contributed by atoms with van der Waals surface area (Å²) >= 11 is 0. The van der Waals surface area contributed by atoms with Crippen LogP contribution in [0.15, 0.2) is 0 Å². The van der Waals surface area contributed by atoms with Gasteiger partial charge in [0, 0.05) is 12.3 Å². The first kappa shape index (κ1) is 11.5. The number of Topliss-reactive ketones (excluding diaryl/α,β-unsaturated/α-hetero) is 1. The highest BCUT2D eigenvalue weighted by molar-refractivity contribution is 5.78. The molecule has 0 aromatic rings. The zero-order valence-corrected chi connectivity index (χ0v) is 7.86. The summed E-state index contributed by atoms with van der Waals surface area (Å²) in [6, 6.07) is 0. The summed E-state index contributed by atoms with van der Waals surface area (Å²) in [5.74, 6) is -3.31. The van der Waals surface area contributed by atoms with Crippen molar-refractivity contribution in [2.75, 3.05) is 0 Å². The Balaban J connectivity index is 4.05. The van der Waals surface area contributed by atoms with Crippen molar-refractivity contribution < 1.29 is 13.6 Å². The van der Waals surface area contributed by atoms with Crippen LogP contribution in [0, 0.1) is 5.92 Å². The van der Waals surface area contributed by atoms with E-state index in [-0.39, 0.29) is 12.2 Å². The molecule has 0 amide bonds. The first-order valence-electron chi connectivity index (χ1n) is 4.25. The van der Waals surface area contributed by atoms with Crippen molar-refractivity contribution in [3.63, 3.8) is 0 Å². The molecule has 0 radical (unpaired) electrons. The molecule has 0 spiro atoms. The van der Waals surface area contributed by atoms with Gasteiger partial charge in [-0.25, -0.2) is 8.78 Å². The second-order valence-corrected chi connectivity index (χ2v) is 3.37. The molecule has 0 aromatic carbocycles. The van der Waals surface area contributed by atoms with Crippen molar-refractivity contribution in [3.05, 3.63) is 0 Å². The molecule has 1 nitrogen and oxygen atoms in total. The number of hydrogen-bond acceptors (Lipinski definition) is 1. The Morgan fingerprint density at radius 1 is 1.50 bits per heavy atom. The first-order chi connectivity index (χ1) is 5.37. The topological polar surface area (TPSA) is 17.1 Å². The van der Waals surface area contributed by atoms with Crippen LogP contribution in [0.3, 0.4) is 0 Å². The van der Waals surface area contributed by atoms with E-state index in [0.29, 0.717) is 6.42 Å². The van der Waals surface area contributed by atoms with E-state index in [0.717, 1.165) is 13.3 Å². The molecule has 0 heterocycles. The Morgan fingerprint density at radius 2 is 2.00 bits per heavy atom. The molecule has 12 heavy (non-hydrogen) atoms. The van der Waals surface area contributed by atoms with Crippen LogP contribution in [0.4, 0.5) is 8.78 Å². The molecular formula is C9H16F2O. The molecule has 0 aliphatic heterocycles. The van der Waals surface area contributed by atoms with Gasteiger partial charge in [-0.2, -0.15) is 0 Å². The molecule has 0 aliphatic rings. The molecule has 1 atom stereocenters. The summed E-state index contributed by atoms with van der Waals surface area (Å²) in [5, 5.41) is 0. The third-order valence-corrected chi connectivity index (χ3v) is 1.82. The largest absolute Gasteiger partial charge is 0.300 e. The lowest BCUT2D eigenvalue weighted by Gasteiger charge is -2.17. The van der Waals surface area contributed by atoms with E-state index in [4.69, 9.17) is 0 Å². The predicted octanol–water partition coefficient (Wildman–Crippen LogP) is 3.04. The fourth-order valence-electron chi connectivity index (χ4n) is 1.23. The lowest BCUT2D eigenvalue weighted by Crippen LogP contribution is -2.21. The lowest BCUT2D eigenvalue weighted by atomic mass is 9.93. The average molecular weight is 178 g/mol. The van der Waals surface area contributed by atoms with Gasteiger partial charge in [0.1, 0.15) is 5.78 Å². The highest BCUT2D eigenvalue weighted by Crippen LogP contribution is 2.25. The Bertz CT molecular complexity index is 149. The van der Waals surface area contributed by atoms with E-state index < -0.39 is 11.8 Å². The number of hydrogen-bond donors (Lipinski definition) is 0. The summed E-state index contributed by atoms with van der Waals surface area (Å²) in [6.07, 6.45) is 1.04. The van der Waals surface area contributed by atoms with Crippen molar-refractivity contribution >= 4 is 5.78 Å². The molecule has 0 fully saturated rings. The van der Waals surface area contributed by atoms with E-state index in [9.17, 15) is 13.6 Å². The molecule has 3 heteroatoms. The fraction of sp³-hybridized carbons (Fsp3) is 0.889. The van der Waals surface area contributed by atoms with Gasteiger partial charge in [0.05, 0.1) is 0 Å². The molecule has 0 aliphatic carbocycles. The van der Waals surface area contributed by atoms with Crippen LogP contribution < -0.4 is 0 Å². The smallest absolute Gasteiger partial charge is 0.246 e. The van der Waals surface area contributed by atoms with Crippen LogP contribution in [-0.2, 0) is 4.79 Å².